The predicted octanol–water partition coefficient (Wildman–Crippen LogP) is 2.58. The number of ether oxygens (including phenoxy) is 1. The van der Waals surface area contributed by atoms with Gasteiger partial charge in [0.1, 0.15) is 12.1 Å². The third kappa shape index (κ3) is 4.21. The average Bonchev–Trinajstić information content (AvgIpc) is 2.37. The van der Waals surface area contributed by atoms with E-state index in [-0.39, 0.29) is 6.10 Å². The second-order valence-electron chi connectivity index (χ2n) is 4.57. The Labute approximate surface area is 113 Å². The molecule has 0 unspecified atom stereocenters. The van der Waals surface area contributed by atoms with E-state index in [0.717, 1.165) is 17.1 Å². The van der Waals surface area contributed by atoms with Gasteiger partial charge in [0.2, 0.25) is 5.88 Å². The topological polar surface area (TPSA) is 59.9 Å². The van der Waals surface area contributed by atoms with Gasteiger partial charge in [-0.05, 0) is 26.3 Å². The highest BCUT2D eigenvalue weighted by Crippen LogP contribution is 2.11. The first-order valence-corrected chi connectivity index (χ1v) is 6.27. The summed E-state index contributed by atoms with van der Waals surface area (Å²) in [7, 11) is 0. The molecule has 0 atom stereocenters. The van der Waals surface area contributed by atoms with Gasteiger partial charge in [0.15, 0.2) is 0 Å². The van der Waals surface area contributed by atoms with Crippen LogP contribution in [0.4, 0.5) is 5.82 Å². The summed E-state index contributed by atoms with van der Waals surface area (Å²) in [4.78, 5) is 12.5. The number of hydrogen-bond donors (Lipinski definition) is 1. The number of nitrogens with zero attached hydrogens (tertiary/aromatic N) is 3. The fourth-order valence-electron chi connectivity index (χ4n) is 1.57. The molecule has 0 amide bonds. The minimum atomic E-state index is 0.139. The van der Waals surface area contributed by atoms with Gasteiger partial charge in [-0.15, -0.1) is 0 Å². The molecular weight excluding hydrogens is 240 g/mol. The largest absolute Gasteiger partial charge is 0.475 e. The lowest BCUT2D eigenvalue weighted by molar-refractivity contribution is 0.232. The van der Waals surface area contributed by atoms with E-state index in [0.29, 0.717) is 12.4 Å². The van der Waals surface area contributed by atoms with Crippen molar-refractivity contribution < 1.29 is 4.74 Å². The van der Waals surface area contributed by atoms with E-state index < -0.39 is 0 Å². The van der Waals surface area contributed by atoms with Crippen LogP contribution in [0, 0.1) is 6.92 Å². The Morgan fingerprint density at radius 2 is 2.05 bits per heavy atom. The lowest BCUT2D eigenvalue weighted by Gasteiger charge is -2.09. The summed E-state index contributed by atoms with van der Waals surface area (Å²) in [5.74, 6) is 1.46. The normalized spacial score (nSPS) is 10.5. The molecule has 0 aliphatic carbocycles. The van der Waals surface area contributed by atoms with Crippen molar-refractivity contribution in [3.8, 4) is 5.88 Å². The van der Waals surface area contributed by atoms with Crippen molar-refractivity contribution in [2.75, 3.05) is 5.32 Å². The van der Waals surface area contributed by atoms with E-state index in [1.165, 1.54) is 0 Å². The molecule has 100 valence electrons. The van der Waals surface area contributed by atoms with Crippen molar-refractivity contribution in [2.24, 2.45) is 0 Å². The fraction of sp³-hybridized carbons (Fsp3) is 0.357. The third-order valence-electron chi connectivity index (χ3n) is 2.43. The van der Waals surface area contributed by atoms with Gasteiger partial charge in [-0.2, -0.15) is 0 Å². The molecular formula is C14H18N4O. The van der Waals surface area contributed by atoms with Crippen molar-refractivity contribution in [3.05, 3.63) is 42.0 Å². The molecule has 19 heavy (non-hydrogen) atoms. The standard InChI is InChI=1S/C14H18N4O/c1-10(2)19-14-5-4-12(8-16-14)7-15-13-6-11(3)17-9-18-13/h4-6,8-10H,7H2,1-3H3,(H,15,17,18). The Hall–Kier alpha value is -2.17. The first-order valence-electron chi connectivity index (χ1n) is 6.27. The molecule has 1 N–H and O–H groups in total. The molecule has 0 bridgehead atoms. The second kappa shape index (κ2) is 6.13. The number of pyridine rings is 1. The van der Waals surface area contributed by atoms with Crippen LogP contribution in [-0.4, -0.2) is 21.1 Å². The lowest BCUT2D eigenvalue weighted by Crippen LogP contribution is -2.07. The first-order chi connectivity index (χ1) is 9.13. The van der Waals surface area contributed by atoms with Gasteiger partial charge in [0, 0.05) is 30.6 Å². The fourth-order valence-corrected chi connectivity index (χ4v) is 1.57. The Morgan fingerprint density at radius 1 is 1.21 bits per heavy atom. The molecule has 0 saturated heterocycles. The zero-order valence-corrected chi connectivity index (χ0v) is 11.4. The summed E-state index contributed by atoms with van der Waals surface area (Å²) in [6.07, 6.45) is 3.49. The molecule has 0 aliphatic heterocycles. The average molecular weight is 258 g/mol. The predicted molar refractivity (Wildman–Crippen MR) is 74.1 cm³/mol. The lowest BCUT2D eigenvalue weighted by atomic mass is 10.3. The summed E-state index contributed by atoms with van der Waals surface area (Å²) in [6, 6.07) is 5.78. The van der Waals surface area contributed by atoms with Crippen molar-refractivity contribution in [1.82, 2.24) is 15.0 Å². The van der Waals surface area contributed by atoms with E-state index in [2.05, 4.69) is 20.3 Å². The Balaban J connectivity index is 1.93. The summed E-state index contributed by atoms with van der Waals surface area (Å²) < 4.78 is 5.50. The quantitative estimate of drug-likeness (QED) is 0.893. The molecule has 0 fully saturated rings. The van der Waals surface area contributed by atoms with Gasteiger partial charge >= 0.3 is 0 Å². The highest BCUT2D eigenvalue weighted by Gasteiger charge is 2.00. The highest BCUT2D eigenvalue weighted by atomic mass is 16.5. The Morgan fingerprint density at radius 3 is 2.68 bits per heavy atom. The molecule has 0 aromatic carbocycles. The molecule has 2 rings (SSSR count). The van der Waals surface area contributed by atoms with E-state index in [1.54, 1.807) is 12.5 Å². The number of nitrogens with one attached hydrogen (secondary N) is 1. The van der Waals surface area contributed by atoms with Crippen LogP contribution in [0.15, 0.2) is 30.7 Å². The van der Waals surface area contributed by atoms with Crippen LogP contribution >= 0.6 is 0 Å². The second-order valence-corrected chi connectivity index (χ2v) is 4.57. The van der Waals surface area contributed by atoms with E-state index in [9.17, 15) is 0 Å². The van der Waals surface area contributed by atoms with Crippen LogP contribution in [0.25, 0.3) is 0 Å². The number of aryl methyl sites for hydroxylation is 1. The van der Waals surface area contributed by atoms with Crippen LogP contribution in [0.3, 0.4) is 0 Å². The number of aromatic nitrogens is 3. The summed E-state index contributed by atoms with van der Waals surface area (Å²) >= 11 is 0. The zero-order valence-electron chi connectivity index (χ0n) is 11.4. The molecule has 0 saturated carbocycles. The minimum absolute atomic E-state index is 0.139. The van der Waals surface area contributed by atoms with Gasteiger partial charge in [0.05, 0.1) is 6.10 Å². The molecule has 2 aromatic rings. The van der Waals surface area contributed by atoms with Crippen molar-refractivity contribution >= 4 is 5.82 Å². The number of anilines is 1. The SMILES string of the molecule is Cc1cc(NCc2ccc(OC(C)C)nc2)ncn1. The van der Waals surface area contributed by atoms with Gasteiger partial charge < -0.3 is 10.1 Å². The van der Waals surface area contributed by atoms with Crippen LogP contribution < -0.4 is 10.1 Å². The molecule has 0 aliphatic rings. The summed E-state index contributed by atoms with van der Waals surface area (Å²) in [5.41, 5.74) is 2.02. The maximum Gasteiger partial charge on any atom is 0.213 e. The van der Waals surface area contributed by atoms with Crippen LogP contribution in [-0.2, 0) is 6.54 Å². The first kappa shape index (κ1) is 13.3. The maximum absolute atomic E-state index is 5.50. The van der Waals surface area contributed by atoms with Crippen LogP contribution in [0.2, 0.25) is 0 Å². The molecule has 0 spiro atoms. The Bertz CT molecular complexity index is 525. The van der Waals surface area contributed by atoms with Gasteiger partial charge in [-0.25, -0.2) is 15.0 Å². The molecule has 5 heteroatoms. The van der Waals surface area contributed by atoms with Crippen LogP contribution in [0.5, 0.6) is 5.88 Å². The smallest absolute Gasteiger partial charge is 0.213 e. The summed E-state index contributed by atoms with van der Waals surface area (Å²) in [5, 5.41) is 3.23. The van der Waals surface area contributed by atoms with E-state index in [4.69, 9.17) is 4.74 Å². The minimum Gasteiger partial charge on any atom is -0.475 e. The van der Waals surface area contributed by atoms with E-state index in [1.807, 2.05) is 39.0 Å². The molecule has 5 nitrogen and oxygen atoms in total. The molecule has 2 heterocycles. The van der Waals surface area contributed by atoms with Crippen molar-refractivity contribution in [3.63, 3.8) is 0 Å². The monoisotopic (exact) mass is 258 g/mol. The van der Waals surface area contributed by atoms with E-state index >= 15 is 0 Å². The van der Waals surface area contributed by atoms with Gasteiger partial charge in [-0.3, -0.25) is 0 Å². The zero-order chi connectivity index (χ0) is 13.7. The van der Waals surface area contributed by atoms with Gasteiger partial charge in [0.25, 0.3) is 0 Å². The van der Waals surface area contributed by atoms with Crippen molar-refractivity contribution in [1.29, 1.82) is 0 Å². The molecule has 2 aromatic heterocycles. The number of rotatable bonds is 5. The summed E-state index contributed by atoms with van der Waals surface area (Å²) in [6.45, 7) is 6.57. The maximum atomic E-state index is 5.50. The molecule has 0 radical (unpaired) electrons. The third-order valence-corrected chi connectivity index (χ3v) is 2.43. The Kier molecular flexibility index (Phi) is 4.28. The number of hydrogen-bond acceptors (Lipinski definition) is 5. The highest BCUT2D eigenvalue weighted by molar-refractivity contribution is 5.35. The van der Waals surface area contributed by atoms with Crippen LogP contribution in [0.1, 0.15) is 25.1 Å². The van der Waals surface area contributed by atoms with Crippen molar-refractivity contribution in [2.45, 2.75) is 33.4 Å². The van der Waals surface area contributed by atoms with Gasteiger partial charge in [-0.1, -0.05) is 6.07 Å².